The van der Waals surface area contributed by atoms with Gasteiger partial charge in [-0.1, -0.05) is 30.3 Å². The summed E-state index contributed by atoms with van der Waals surface area (Å²) in [6, 6.07) is 7.10. The number of hydrogen-bond acceptors (Lipinski definition) is 5. The molecule has 9 nitrogen and oxygen atoms in total. The van der Waals surface area contributed by atoms with Crippen LogP contribution in [0.3, 0.4) is 0 Å². The molecular formula is C22H30N4O5. The second kappa shape index (κ2) is 11.1. The number of H-pyrrole nitrogens is 1. The number of aryl methyl sites for hydroxylation is 1. The largest absolute Gasteiger partial charge is 0.480 e. The zero-order valence-electron chi connectivity index (χ0n) is 18.1. The molecule has 1 aromatic heterocycles. The van der Waals surface area contributed by atoms with Crippen molar-refractivity contribution in [1.29, 1.82) is 0 Å². The second-order valence-electron chi connectivity index (χ2n) is 8.26. The fourth-order valence-electron chi connectivity index (χ4n) is 2.96. The Morgan fingerprint density at radius 3 is 2.42 bits per heavy atom. The molecule has 1 heterocycles. The van der Waals surface area contributed by atoms with E-state index >= 15 is 0 Å². The highest BCUT2D eigenvalue weighted by atomic mass is 16.6. The average molecular weight is 431 g/mol. The highest BCUT2D eigenvalue weighted by Gasteiger charge is 2.28. The lowest BCUT2D eigenvalue weighted by atomic mass is 10.0. The molecule has 31 heavy (non-hydrogen) atoms. The number of ether oxygens (including phenoxy) is 1. The molecule has 0 aliphatic rings. The number of carbonyl (C=O) groups excluding carboxylic acids is 2. The number of aliphatic carboxylic acids is 1. The predicted molar refractivity (Wildman–Crippen MR) is 114 cm³/mol. The SMILES string of the molecule is CC(C)(C)OC(=O)NC(Cc1ccccc1)C(=O)NC(CCCc1cnc[nH]1)C(=O)O. The lowest BCUT2D eigenvalue weighted by molar-refractivity contribution is -0.142. The second-order valence-corrected chi connectivity index (χ2v) is 8.26. The van der Waals surface area contributed by atoms with Gasteiger partial charge in [-0.3, -0.25) is 4.79 Å². The first kappa shape index (κ1) is 23.9. The van der Waals surface area contributed by atoms with Crippen LogP contribution >= 0.6 is 0 Å². The molecule has 0 bridgehead atoms. The van der Waals surface area contributed by atoms with Crippen LogP contribution in [0.4, 0.5) is 4.79 Å². The highest BCUT2D eigenvalue weighted by molar-refractivity contribution is 5.89. The monoisotopic (exact) mass is 430 g/mol. The van der Waals surface area contributed by atoms with Crippen molar-refractivity contribution in [2.45, 2.75) is 64.1 Å². The summed E-state index contributed by atoms with van der Waals surface area (Å²) in [5.74, 6) is -1.71. The number of hydrogen-bond donors (Lipinski definition) is 4. The van der Waals surface area contributed by atoms with E-state index in [1.165, 1.54) is 0 Å². The van der Waals surface area contributed by atoms with Crippen LogP contribution in [0.25, 0.3) is 0 Å². The van der Waals surface area contributed by atoms with E-state index in [0.29, 0.717) is 12.8 Å². The van der Waals surface area contributed by atoms with Gasteiger partial charge in [0.15, 0.2) is 0 Å². The summed E-state index contributed by atoms with van der Waals surface area (Å²) in [5, 5.41) is 14.7. The number of aromatic nitrogens is 2. The molecule has 0 fully saturated rings. The average Bonchev–Trinajstić information content (AvgIpc) is 3.19. The Balaban J connectivity index is 2.03. The molecule has 2 unspecified atom stereocenters. The van der Waals surface area contributed by atoms with Crippen molar-refractivity contribution in [2.24, 2.45) is 0 Å². The topological polar surface area (TPSA) is 133 Å². The molecule has 9 heteroatoms. The molecule has 0 spiro atoms. The Morgan fingerprint density at radius 1 is 1.13 bits per heavy atom. The van der Waals surface area contributed by atoms with Gasteiger partial charge in [-0.2, -0.15) is 0 Å². The minimum Gasteiger partial charge on any atom is -0.480 e. The van der Waals surface area contributed by atoms with Gasteiger partial charge in [-0.05, 0) is 45.6 Å². The van der Waals surface area contributed by atoms with Crippen molar-refractivity contribution < 1.29 is 24.2 Å². The number of alkyl carbamates (subject to hydrolysis) is 1. The van der Waals surface area contributed by atoms with Gasteiger partial charge >= 0.3 is 12.1 Å². The summed E-state index contributed by atoms with van der Waals surface area (Å²) in [4.78, 5) is 43.7. The zero-order valence-corrected chi connectivity index (χ0v) is 18.1. The minimum absolute atomic E-state index is 0.201. The van der Waals surface area contributed by atoms with Crippen LogP contribution in [0.15, 0.2) is 42.9 Å². The Morgan fingerprint density at radius 2 is 1.84 bits per heavy atom. The van der Waals surface area contributed by atoms with Crippen LogP contribution in [0.1, 0.15) is 44.9 Å². The smallest absolute Gasteiger partial charge is 0.408 e. The van der Waals surface area contributed by atoms with E-state index in [-0.39, 0.29) is 12.8 Å². The molecule has 0 aliphatic carbocycles. The lowest BCUT2D eigenvalue weighted by Crippen LogP contribution is -2.53. The molecule has 1 aromatic carbocycles. The zero-order chi connectivity index (χ0) is 22.9. The number of carbonyl (C=O) groups is 3. The third kappa shape index (κ3) is 8.90. The Hall–Kier alpha value is -3.36. The van der Waals surface area contributed by atoms with Gasteiger partial charge in [0, 0.05) is 18.3 Å². The van der Waals surface area contributed by atoms with Gasteiger partial charge < -0.3 is 25.5 Å². The van der Waals surface area contributed by atoms with E-state index in [2.05, 4.69) is 20.6 Å². The first-order valence-electron chi connectivity index (χ1n) is 10.2. The van der Waals surface area contributed by atoms with Gasteiger partial charge in [-0.25, -0.2) is 14.6 Å². The van der Waals surface area contributed by atoms with Crippen LogP contribution in [-0.2, 0) is 27.2 Å². The summed E-state index contributed by atoms with van der Waals surface area (Å²) >= 11 is 0. The van der Waals surface area contributed by atoms with Gasteiger partial charge in [0.25, 0.3) is 0 Å². The number of rotatable bonds is 10. The van der Waals surface area contributed by atoms with E-state index in [0.717, 1.165) is 11.3 Å². The maximum Gasteiger partial charge on any atom is 0.408 e. The molecule has 0 saturated heterocycles. The summed E-state index contributed by atoms with van der Waals surface area (Å²) in [6.45, 7) is 5.16. The number of nitrogens with one attached hydrogen (secondary N) is 3. The third-order valence-electron chi connectivity index (χ3n) is 4.40. The molecule has 2 aromatic rings. The van der Waals surface area contributed by atoms with Crippen molar-refractivity contribution in [2.75, 3.05) is 0 Å². The van der Waals surface area contributed by atoms with Crippen LogP contribution in [0.5, 0.6) is 0 Å². The summed E-state index contributed by atoms with van der Waals surface area (Å²) in [7, 11) is 0. The molecule has 0 aliphatic heterocycles. The summed E-state index contributed by atoms with van der Waals surface area (Å²) < 4.78 is 5.26. The first-order chi connectivity index (χ1) is 14.6. The maximum atomic E-state index is 12.9. The first-order valence-corrected chi connectivity index (χ1v) is 10.2. The highest BCUT2D eigenvalue weighted by Crippen LogP contribution is 2.10. The molecule has 2 atom stereocenters. The van der Waals surface area contributed by atoms with Crippen LogP contribution in [-0.4, -0.2) is 50.7 Å². The number of carboxylic acid groups (broad SMARTS) is 1. The summed E-state index contributed by atoms with van der Waals surface area (Å²) in [6.07, 6.45) is 4.09. The molecule has 2 amide bonds. The van der Waals surface area contributed by atoms with E-state index in [4.69, 9.17) is 4.74 Å². The summed E-state index contributed by atoms with van der Waals surface area (Å²) in [5.41, 5.74) is 0.988. The normalized spacial score (nSPS) is 13.1. The number of nitrogens with zero attached hydrogens (tertiary/aromatic N) is 1. The Kier molecular flexibility index (Phi) is 8.60. The van der Waals surface area contributed by atoms with Crippen molar-refractivity contribution in [3.63, 3.8) is 0 Å². The third-order valence-corrected chi connectivity index (χ3v) is 4.40. The van der Waals surface area contributed by atoms with E-state index < -0.39 is 35.7 Å². The molecule has 2 rings (SSSR count). The molecule has 0 radical (unpaired) electrons. The van der Waals surface area contributed by atoms with Gasteiger partial charge in [0.2, 0.25) is 5.91 Å². The lowest BCUT2D eigenvalue weighted by Gasteiger charge is -2.24. The number of aromatic amines is 1. The fourth-order valence-corrected chi connectivity index (χ4v) is 2.96. The molecule has 0 saturated carbocycles. The predicted octanol–water partition coefficient (Wildman–Crippen LogP) is 2.44. The number of imidazole rings is 1. The van der Waals surface area contributed by atoms with Crippen LogP contribution in [0, 0.1) is 0 Å². The molecular weight excluding hydrogens is 400 g/mol. The van der Waals surface area contributed by atoms with Gasteiger partial charge in [0.05, 0.1) is 6.33 Å². The number of amides is 2. The maximum absolute atomic E-state index is 12.9. The Bertz CT molecular complexity index is 847. The van der Waals surface area contributed by atoms with E-state index in [9.17, 15) is 19.5 Å². The van der Waals surface area contributed by atoms with Crippen molar-refractivity contribution >= 4 is 18.0 Å². The van der Waals surface area contributed by atoms with Crippen LogP contribution in [0.2, 0.25) is 0 Å². The minimum atomic E-state index is -1.13. The van der Waals surface area contributed by atoms with Gasteiger partial charge in [0.1, 0.15) is 17.7 Å². The quantitative estimate of drug-likeness (QED) is 0.457. The number of carboxylic acids is 1. The number of benzene rings is 1. The van der Waals surface area contributed by atoms with Crippen molar-refractivity contribution in [3.05, 3.63) is 54.1 Å². The van der Waals surface area contributed by atoms with Crippen molar-refractivity contribution in [1.82, 2.24) is 20.6 Å². The molecule has 168 valence electrons. The fraction of sp³-hybridized carbons (Fsp3) is 0.455. The standard InChI is InChI=1S/C22H30N4O5/c1-22(2,3)31-21(30)26-18(12-15-8-5-4-6-9-15)19(27)25-17(20(28)29)11-7-10-16-13-23-14-24-16/h4-6,8-9,13-14,17-18H,7,10-12H2,1-3H3,(H,23,24)(H,25,27)(H,26,30)(H,28,29). The van der Waals surface area contributed by atoms with Crippen molar-refractivity contribution in [3.8, 4) is 0 Å². The van der Waals surface area contributed by atoms with E-state index in [1.807, 2.05) is 30.3 Å². The Labute approximate surface area is 181 Å². The molecule has 4 N–H and O–H groups in total. The van der Waals surface area contributed by atoms with Crippen LogP contribution < -0.4 is 10.6 Å². The van der Waals surface area contributed by atoms with E-state index in [1.54, 1.807) is 33.3 Å². The van der Waals surface area contributed by atoms with Gasteiger partial charge in [-0.15, -0.1) is 0 Å².